The highest BCUT2D eigenvalue weighted by Gasteiger charge is 2.41. The van der Waals surface area contributed by atoms with Gasteiger partial charge in [-0.25, -0.2) is 0 Å². The molecule has 0 saturated carbocycles. The van der Waals surface area contributed by atoms with Crippen molar-refractivity contribution in [3.8, 4) is 0 Å². The highest BCUT2D eigenvalue weighted by Crippen LogP contribution is 2.33. The van der Waals surface area contributed by atoms with E-state index >= 15 is 0 Å². The van der Waals surface area contributed by atoms with Gasteiger partial charge in [-0.2, -0.15) is 0 Å². The first kappa shape index (κ1) is 19.8. The topological polar surface area (TPSA) is 97.3 Å². The lowest BCUT2D eigenvalue weighted by Crippen LogP contribution is -2.57. The van der Waals surface area contributed by atoms with Crippen molar-refractivity contribution >= 4 is 17.5 Å². The molecule has 2 fully saturated rings. The quantitative estimate of drug-likeness (QED) is 0.757. The van der Waals surface area contributed by atoms with Crippen molar-refractivity contribution < 1.29 is 28.9 Å². The summed E-state index contributed by atoms with van der Waals surface area (Å²) in [4.78, 5) is 25.9. The Hall–Kier alpha value is -2.00. The standard InChI is InChI=1S/C19H26N2O6/c1-25-11-17(23)20-14-4-2-13(3-5-14)19-16(10-22)21(18(24)12-27-19)15-6-8-26-9-7-15/h2-5,15-16,19,22H,6-12H2,1H3,(H,20,23)/t16-,19-/m1/s1. The summed E-state index contributed by atoms with van der Waals surface area (Å²) in [6.45, 7) is 1.04. The Morgan fingerprint density at radius 3 is 2.63 bits per heavy atom. The number of carbonyl (C=O) groups excluding carboxylic acids is 2. The van der Waals surface area contributed by atoms with Crippen LogP contribution in [0.5, 0.6) is 0 Å². The molecule has 2 atom stereocenters. The lowest BCUT2D eigenvalue weighted by atomic mass is 9.95. The van der Waals surface area contributed by atoms with E-state index in [0.717, 1.165) is 18.4 Å². The first-order valence-electron chi connectivity index (χ1n) is 9.14. The molecule has 0 aliphatic carbocycles. The smallest absolute Gasteiger partial charge is 0.250 e. The van der Waals surface area contributed by atoms with E-state index in [4.69, 9.17) is 14.2 Å². The fraction of sp³-hybridized carbons (Fsp3) is 0.579. The van der Waals surface area contributed by atoms with Gasteiger partial charge in [0.2, 0.25) is 11.8 Å². The highest BCUT2D eigenvalue weighted by molar-refractivity contribution is 5.91. The molecule has 1 aromatic rings. The molecule has 2 heterocycles. The molecule has 3 rings (SSSR count). The maximum Gasteiger partial charge on any atom is 0.250 e. The summed E-state index contributed by atoms with van der Waals surface area (Å²) >= 11 is 0. The van der Waals surface area contributed by atoms with E-state index in [2.05, 4.69) is 5.32 Å². The number of aliphatic hydroxyl groups is 1. The van der Waals surface area contributed by atoms with Crippen LogP contribution in [0.1, 0.15) is 24.5 Å². The Labute approximate surface area is 158 Å². The SMILES string of the molecule is COCC(=O)Nc1ccc([C@H]2OCC(=O)N(C3CCOCC3)[C@@H]2CO)cc1. The zero-order chi connectivity index (χ0) is 19.2. The fourth-order valence-corrected chi connectivity index (χ4v) is 3.70. The zero-order valence-corrected chi connectivity index (χ0v) is 15.4. The monoisotopic (exact) mass is 378 g/mol. The Bertz CT molecular complexity index is 644. The van der Waals surface area contributed by atoms with E-state index in [0.29, 0.717) is 18.9 Å². The molecule has 0 bridgehead atoms. The molecule has 0 unspecified atom stereocenters. The third kappa shape index (κ3) is 4.65. The molecule has 2 amide bonds. The van der Waals surface area contributed by atoms with Crippen LogP contribution in [0.15, 0.2) is 24.3 Å². The van der Waals surface area contributed by atoms with Gasteiger partial charge < -0.3 is 29.5 Å². The third-order valence-electron chi connectivity index (χ3n) is 4.95. The lowest BCUT2D eigenvalue weighted by molar-refractivity contribution is -0.168. The van der Waals surface area contributed by atoms with E-state index < -0.39 is 12.1 Å². The van der Waals surface area contributed by atoms with E-state index in [9.17, 15) is 14.7 Å². The van der Waals surface area contributed by atoms with Crippen molar-refractivity contribution in [1.82, 2.24) is 4.90 Å². The second kappa shape index (κ2) is 9.27. The van der Waals surface area contributed by atoms with Crippen molar-refractivity contribution in [3.05, 3.63) is 29.8 Å². The number of hydrogen-bond acceptors (Lipinski definition) is 6. The number of hydrogen-bond donors (Lipinski definition) is 2. The number of methoxy groups -OCH3 is 1. The molecule has 0 spiro atoms. The van der Waals surface area contributed by atoms with E-state index in [-0.39, 0.29) is 37.7 Å². The molecule has 148 valence electrons. The van der Waals surface area contributed by atoms with Crippen molar-refractivity contribution in [1.29, 1.82) is 0 Å². The minimum atomic E-state index is -0.441. The lowest BCUT2D eigenvalue weighted by Gasteiger charge is -2.45. The van der Waals surface area contributed by atoms with Crippen LogP contribution in [0, 0.1) is 0 Å². The van der Waals surface area contributed by atoms with Gasteiger partial charge >= 0.3 is 0 Å². The predicted molar refractivity (Wildman–Crippen MR) is 97.2 cm³/mol. The number of anilines is 1. The summed E-state index contributed by atoms with van der Waals surface area (Å²) in [5.41, 5.74) is 1.50. The van der Waals surface area contributed by atoms with Gasteiger partial charge in [0.25, 0.3) is 0 Å². The molecule has 2 aliphatic heterocycles. The van der Waals surface area contributed by atoms with Crippen LogP contribution in [0.2, 0.25) is 0 Å². The van der Waals surface area contributed by atoms with Crippen LogP contribution in [-0.4, -0.2) is 74.0 Å². The molecule has 2 aliphatic rings. The predicted octanol–water partition coefficient (Wildman–Crippen LogP) is 0.711. The molecule has 8 heteroatoms. The molecular weight excluding hydrogens is 352 g/mol. The summed E-state index contributed by atoms with van der Waals surface area (Å²) in [5.74, 6) is -0.329. The van der Waals surface area contributed by atoms with Gasteiger partial charge in [-0.1, -0.05) is 12.1 Å². The fourth-order valence-electron chi connectivity index (χ4n) is 3.70. The van der Waals surface area contributed by atoms with Crippen molar-refractivity contribution in [2.24, 2.45) is 0 Å². The number of carbonyl (C=O) groups is 2. The summed E-state index contributed by atoms with van der Waals surface area (Å²) in [7, 11) is 1.46. The second-order valence-electron chi connectivity index (χ2n) is 6.73. The second-order valence-corrected chi connectivity index (χ2v) is 6.73. The van der Waals surface area contributed by atoms with Gasteiger partial charge in [0.15, 0.2) is 0 Å². The largest absolute Gasteiger partial charge is 0.394 e. The third-order valence-corrected chi connectivity index (χ3v) is 4.95. The summed E-state index contributed by atoms with van der Waals surface area (Å²) in [6.07, 6.45) is 1.11. The van der Waals surface area contributed by atoms with Crippen LogP contribution >= 0.6 is 0 Å². The van der Waals surface area contributed by atoms with Gasteiger partial charge in [0.05, 0.1) is 12.6 Å². The molecule has 8 nitrogen and oxygen atoms in total. The molecule has 0 radical (unpaired) electrons. The first-order chi connectivity index (χ1) is 13.1. The number of rotatable bonds is 6. The normalized spacial score (nSPS) is 24.1. The Morgan fingerprint density at radius 2 is 2.00 bits per heavy atom. The summed E-state index contributed by atoms with van der Waals surface area (Å²) < 4.78 is 16.0. The van der Waals surface area contributed by atoms with E-state index in [1.54, 1.807) is 17.0 Å². The summed E-state index contributed by atoms with van der Waals surface area (Å²) in [6, 6.07) is 6.85. The number of amides is 2. The molecule has 1 aromatic carbocycles. The van der Waals surface area contributed by atoms with Crippen LogP contribution in [0.25, 0.3) is 0 Å². The maximum atomic E-state index is 12.5. The zero-order valence-electron chi connectivity index (χ0n) is 15.4. The van der Waals surface area contributed by atoms with E-state index in [1.807, 2.05) is 12.1 Å². The average molecular weight is 378 g/mol. The Kier molecular flexibility index (Phi) is 6.78. The Morgan fingerprint density at radius 1 is 1.30 bits per heavy atom. The maximum absolute atomic E-state index is 12.5. The minimum Gasteiger partial charge on any atom is -0.394 e. The average Bonchev–Trinajstić information content (AvgIpc) is 2.69. The van der Waals surface area contributed by atoms with Crippen molar-refractivity contribution in [3.63, 3.8) is 0 Å². The molecule has 2 N–H and O–H groups in total. The van der Waals surface area contributed by atoms with Gasteiger partial charge in [-0.15, -0.1) is 0 Å². The van der Waals surface area contributed by atoms with E-state index in [1.165, 1.54) is 7.11 Å². The van der Waals surface area contributed by atoms with Gasteiger partial charge in [-0.3, -0.25) is 9.59 Å². The number of nitrogens with zero attached hydrogens (tertiary/aromatic N) is 1. The molecular formula is C19H26N2O6. The molecule has 2 saturated heterocycles. The van der Waals surface area contributed by atoms with Crippen molar-refractivity contribution in [2.45, 2.75) is 31.0 Å². The van der Waals surface area contributed by atoms with Crippen LogP contribution < -0.4 is 5.32 Å². The van der Waals surface area contributed by atoms with Gasteiger partial charge in [0, 0.05) is 32.1 Å². The number of morpholine rings is 1. The number of nitrogens with one attached hydrogen (secondary N) is 1. The van der Waals surface area contributed by atoms with Crippen LogP contribution in [0.4, 0.5) is 5.69 Å². The minimum absolute atomic E-state index is 0.00908. The van der Waals surface area contributed by atoms with Crippen molar-refractivity contribution in [2.75, 3.05) is 45.5 Å². The number of benzene rings is 1. The molecule has 0 aromatic heterocycles. The van der Waals surface area contributed by atoms with Gasteiger partial charge in [0.1, 0.15) is 19.3 Å². The number of ether oxygens (including phenoxy) is 3. The molecule has 27 heavy (non-hydrogen) atoms. The first-order valence-corrected chi connectivity index (χ1v) is 9.14. The highest BCUT2D eigenvalue weighted by atomic mass is 16.5. The Balaban J connectivity index is 1.74. The van der Waals surface area contributed by atoms with Crippen LogP contribution in [0.3, 0.4) is 0 Å². The van der Waals surface area contributed by atoms with Crippen LogP contribution in [-0.2, 0) is 23.8 Å². The summed E-state index contributed by atoms with van der Waals surface area (Å²) in [5, 5.41) is 12.7. The number of aliphatic hydroxyl groups excluding tert-OH is 1. The van der Waals surface area contributed by atoms with Gasteiger partial charge in [-0.05, 0) is 30.5 Å².